The van der Waals surface area contributed by atoms with Gasteiger partial charge in [0.25, 0.3) is 0 Å². The lowest BCUT2D eigenvalue weighted by Crippen LogP contribution is -2.51. The molecule has 21 heavy (non-hydrogen) atoms. The fourth-order valence-corrected chi connectivity index (χ4v) is 2.36. The Hall–Kier alpha value is -2.08. The maximum absolute atomic E-state index is 11.8. The quantitative estimate of drug-likeness (QED) is 0.787. The number of nitrogens with two attached hydrogens (primary N) is 1. The van der Waals surface area contributed by atoms with E-state index < -0.39 is 11.9 Å². The highest BCUT2D eigenvalue weighted by Crippen LogP contribution is 2.15. The van der Waals surface area contributed by atoms with Gasteiger partial charge in [-0.05, 0) is 19.1 Å². The van der Waals surface area contributed by atoms with Gasteiger partial charge in [-0.2, -0.15) is 0 Å². The Balaban J connectivity index is 1.77. The van der Waals surface area contributed by atoms with Gasteiger partial charge in [-0.3, -0.25) is 14.5 Å². The molecule has 1 atom stereocenters. The molecule has 1 aromatic carbocycles. The largest absolute Gasteiger partial charge is 0.369 e. The lowest BCUT2D eigenvalue weighted by atomic mass is 10.2. The highest BCUT2D eigenvalue weighted by atomic mass is 16.2. The minimum absolute atomic E-state index is 0.158. The Morgan fingerprint density at radius 1 is 1.19 bits per heavy atom. The highest BCUT2D eigenvalue weighted by molar-refractivity contribution is 5.87. The summed E-state index contributed by atoms with van der Waals surface area (Å²) < 4.78 is 0. The molecule has 6 heteroatoms. The Morgan fingerprint density at radius 3 is 2.38 bits per heavy atom. The summed E-state index contributed by atoms with van der Waals surface area (Å²) in [6.07, 6.45) is 0. The molecule has 0 bridgehead atoms. The van der Waals surface area contributed by atoms with Gasteiger partial charge in [-0.25, -0.2) is 0 Å². The third-order valence-corrected chi connectivity index (χ3v) is 3.67. The summed E-state index contributed by atoms with van der Waals surface area (Å²) in [4.78, 5) is 27.1. The fraction of sp³-hybridized carbons (Fsp3) is 0.467. The lowest BCUT2D eigenvalue weighted by molar-refractivity contribution is -0.127. The van der Waals surface area contributed by atoms with Crippen LogP contribution in [0.3, 0.4) is 0 Å². The number of primary amides is 1. The van der Waals surface area contributed by atoms with Crippen molar-refractivity contribution in [2.75, 3.05) is 37.6 Å². The number of nitrogens with zero attached hydrogens (tertiary/aromatic N) is 2. The van der Waals surface area contributed by atoms with Crippen molar-refractivity contribution in [1.29, 1.82) is 0 Å². The molecule has 0 aromatic heterocycles. The molecule has 3 N–H and O–H groups in total. The number of nitrogens with one attached hydrogen (secondary N) is 1. The zero-order valence-electron chi connectivity index (χ0n) is 12.3. The molecule has 1 aromatic rings. The molecule has 1 aliphatic heterocycles. The van der Waals surface area contributed by atoms with Gasteiger partial charge in [0.15, 0.2) is 0 Å². The molecule has 6 nitrogen and oxygen atoms in total. The van der Waals surface area contributed by atoms with Crippen molar-refractivity contribution < 1.29 is 9.59 Å². The Bertz CT molecular complexity index is 484. The first-order valence-corrected chi connectivity index (χ1v) is 7.17. The van der Waals surface area contributed by atoms with Crippen LogP contribution in [-0.2, 0) is 9.59 Å². The average molecular weight is 290 g/mol. The van der Waals surface area contributed by atoms with Crippen molar-refractivity contribution >= 4 is 17.5 Å². The van der Waals surface area contributed by atoms with Gasteiger partial charge in [0.05, 0.1) is 6.54 Å². The molecule has 0 aliphatic carbocycles. The smallest absolute Gasteiger partial charge is 0.239 e. The monoisotopic (exact) mass is 290 g/mol. The topological polar surface area (TPSA) is 78.7 Å². The number of hydrogen-bond acceptors (Lipinski definition) is 4. The molecule has 0 saturated carbocycles. The SMILES string of the molecule is CC(NC(=O)CN1CCN(c2ccccc2)CC1)C(N)=O. The number of anilines is 1. The molecule has 1 saturated heterocycles. The van der Waals surface area contributed by atoms with Gasteiger partial charge in [0, 0.05) is 31.9 Å². The second-order valence-corrected chi connectivity index (χ2v) is 5.29. The van der Waals surface area contributed by atoms with E-state index in [1.165, 1.54) is 5.69 Å². The molecule has 0 spiro atoms. The average Bonchev–Trinajstić information content (AvgIpc) is 2.48. The van der Waals surface area contributed by atoms with Crippen molar-refractivity contribution in [2.45, 2.75) is 13.0 Å². The van der Waals surface area contributed by atoms with E-state index >= 15 is 0 Å². The summed E-state index contributed by atoms with van der Waals surface area (Å²) in [5.41, 5.74) is 6.34. The minimum atomic E-state index is -0.622. The summed E-state index contributed by atoms with van der Waals surface area (Å²) in [5, 5.41) is 2.60. The van der Waals surface area contributed by atoms with Crippen molar-refractivity contribution in [3.8, 4) is 0 Å². The van der Waals surface area contributed by atoms with Crippen LogP contribution in [0.15, 0.2) is 30.3 Å². The van der Waals surface area contributed by atoms with Crippen molar-refractivity contribution in [3.05, 3.63) is 30.3 Å². The minimum Gasteiger partial charge on any atom is -0.369 e. The van der Waals surface area contributed by atoms with Crippen LogP contribution in [0.5, 0.6) is 0 Å². The van der Waals surface area contributed by atoms with Crippen LogP contribution in [0.2, 0.25) is 0 Å². The normalized spacial score (nSPS) is 17.3. The molecule has 0 radical (unpaired) electrons. The fourth-order valence-electron chi connectivity index (χ4n) is 2.36. The number of rotatable bonds is 5. The second kappa shape index (κ2) is 7.08. The van der Waals surface area contributed by atoms with E-state index in [-0.39, 0.29) is 5.91 Å². The lowest BCUT2D eigenvalue weighted by Gasteiger charge is -2.35. The van der Waals surface area contributed by atoms with Crippen molar-refractivity contribution in [2.24, 2.45) is 5.73 Å². The molecular formula is C15H22N4O2. The third kappa shape index (κ3) is 4.46. The first-order valence-electron chi connectivity index (χ1n) is 7.17. The summed E-state index contributed by atoms with van der Waals surface area (Å²) in [7, 11) is 0. The molecule has 2 rings (SSSR count). The Morgan fingerprint density at radius 2 is 1.81 bits per heavy atom. The maximum Gasteiger partial charge on any atom is 0.239 e. The number of carbonyl (C=O) groups excluding carboxylic acids is 2. The van der Waals surface area contributed by atoms with E-state index in [1.54, 1.807) is 6.92 Å². The van der Waals surface area contributed by atoms with Crippen LogP contribution in [-0.4, -0.2) is 55.5 Å². The molecule has 114 valence electrons. The predicted molar refractivity (Wildman–Crippen MR) is 81.9 cm³/mol. The summed E-state index contributed by atoms with van der Waals surface area (Å²) in [6, 6.07) is 9.63. The van der Waals surface area contributed by atoms with Gasteiger partial charge >= 0.3 is 0 Å². The van der Waals surface area contributed by atoms with Crippen molar-refractivity contribution in [3.63, 3.8) is 0 Å². The first kappa shape index (κ1) is 15.3. The van der Waals surface area contributed by atoms with E-state index in [0.717, 1.165) is 26.2 Å². The molecular weight excluding hydrogens is 268 g/mol. The highest BCUT2D eigenvalue weighted by Gasteiger charge is 2.20. The number of carbonyl (C=O) groups is 2. The van der Waals surface area contributed by atoms with E-state index in [9.17, 15) is 9.59 Å². The van der Waals surface area contributed by atoms with E-state index in [2.05, 4.69) is 27.2 Å². The zero-order chi connectivity index (χ0) is 15.2. The van der Waals surface area contributed by atoms with E-state index in [1.807, 2.05) is 18.2 Å². The molecule has 1 unspecified atom stereocenters. The zero-order valence-corrected chi connectivity index (χ0v) is 12.3. The van der Waals surface area contributed by atoms with Gasteiger partial charge in [-0.15, -0.1) is 0 Å². The van der Waals surface area contributed by atoms with Crippen molar-refractivity contribution in [1.82, 2.24) is 10.2 Å². The van der Waals surface area contributed by atoms with Gasteiger partial charge in [0.2, 0.25) is 11.8 Å². The predicted octanol–water partition coefficient (Wildman–Crippen LogP) is -0.201. The Labute approximate surface area is 124 Å². The molecule has 1 heterocycles. The maximum atomic E-state index is 11.8. The summed E-state index contributed by atoms with van der Waals surface area (Å²) >= 11 is 0. The van der Waals surface area contributed by atoms with Crippen LogP contribution in [0.4, 0.5) is 5.69 Å². The first-order chi connectivity index (χ1) is 10.1. The van der Waals surface area contributed by atoms with Gasteiger partial charge < -0.3 is 16.0 Å². The number of piperazine rings is 1. The third-order valence-electron chi connectivity index (χ3n) is 3.67. The number of para-hydroxylation sites is 1. The second-order valence-electron chi connectivity index (χ2n) is 5.29. The van der Waals surface area contributed by atoms with Crippen LogP contribution in [0.1, 0.15) is 6.92 Å². The van der Waals surface area contributed by atoms with E-state index in [4.69, 9.17) is 5.73 Å². The van der Waals surface area contributed by atoms with Crippen LogP contribution >= 0.6 is 0 Å². The van der Waals surface area contributed by atoms with Gasteiger partial charge in [0.1, 0.15) is 6.04 Å². The summed E-state index contributed by atoms with van der Waals surface area (Å²) in [6.45, 7) is 5.33. The number of benzene rings is 1. The molecule has 2 amide bonds. The number of hydrogen-bond donors (Lipinski definition) is 2. The van der Waals surface area contributed by atoms with E-state index in [0.29, 0.717) is 6.54 Å². The summed E-state index contributed by atoms with van der Waals surface area (Å²) in [5.74, 6) is -0.674. The Kier molecular flexibility index (Phi) is 5.16. The molecule has 1 aliphatic rings. The number of amides is 2. The van der Waals surface area contributed by atoms with Crippen LogP contribution in [0.25, 0.3) is 0 Å². The van der Waals surface area contributed by atoms with Gasteiger partial charge in [-0.1, -0.05) is 18.2 Å². The molecule has 1 fully saturated rings. The van der Waals surface area contributed by atoms with Crippen LogP contribution < -0.4 is 16.0 Å². The standard InChI is InChI=1S/C15H22N4O2/c1-12(15(16)21)17-14(20)11-18-7-9-19(10-8-18)13-5-3-2-4-6-13/h2-6,12H,7-11H2,1H3,(H2,16,21)(H,17,20). The van der Waals surface area contributed by atoms with Crippen LogP contribution in [0, 0.1) is 0 Å².